The number of nitriles is 1. The number of carbonyl (C=O) groups excluding carboxylic acids is 1. The van der Waals surface area contributed by atoms with Crippen LogP contribution >= 0.6 is 0 Å². The van der Waals surface area contributed by atoms with E-state index in [2.05, 4.69) is 11.4 Å². The SMILES string of the molecule is N#CC1CNCCN1C(=O)CC12CC3CC(CC(C3)C1)C2. The van der Waals surface area contributed by atoms with Gasteiger partial charge in [-0.25, -0.2) is 0 Å². The molecule has 1 saturated heterocycles. The van der Waals surface area contributed by atoms with Crippen molar-refractivity contribution in [3.8, 4) is 6.07 Å². The van der Waals surface area contributed by atoms with Crippen LogP contribution in [0.5, 0.6) is 0 Å². The van der Waals surface area contributed by atoms with Crippen molar-refractivity contribution in [1.29, 1.82) is 5.26 Å². The molecule has 1 amide bonds. The van der Waals surface area contributed by atoms with E-state index in [-0.39, 0.29) is 17.4 Å². The lowest BCUT2D eigenvalue weighted by Gasteiger charge is -2.57. The quantitative estimate of drug-likeness (QED) is 0.844. The van der Waals surface area contributed by atoms with E-state index in [9.17, 15) is 10.1 Å². The predicted molar refractivity (Wildman–Crippen MR) is 79.2 cm³/mol. The van der Waals surface area contributed by atoms with Crippen molar-refractivity contribution in [2.24, 2.45) is 23.2 Å². The van der Waals surface area contributed by atoms with Crippen LogP contribution in [-0.4, -0.2) is 36.5 Å². The molecule has 114 valence electrons. The molecular weight excluding hydrogens is 262 g/mol. The predicted octanol–water partition coefficient (Wildman–Crippen LogP) is 1.92. The lowest BCUT2D eigenvalue weighted by Crippen LogP contribution is -2.55. The number of hydrogen-bond donors (Lipinski definition) is 1. The summed E-state index contributed by atoms with van der Waals surface area (Å²) in [6, 6.07) is 2.02. The smallest absolute Gasteiger partial charge is 0.224 e. The molecule has 5 aliphatic rings. The van der Waals surface area contributed by atoms with E-state index in [4.69, 9.17) is 0 Å². The van der Waals surface area contributed by atoms with E-state index in [1.54, 1.807) is 0 Å². The van der Waals surface area contributed by atoms with Crippen molar-refractivity contribution in [3.05, 3.63) is 0 Å². The Hall–Kier alpha value is -1.08. The first kappa shape index (κ1) is 13.6. The highest BCUT2D eigenvalue weighted by molar-refractivity contribution is 5.78. The molecule has 4 heteroatoms. The van der Waals surface area contributed by atoms with Gasteiger partial charge in [0.2, 0.25) is 5.91 Å². The molecule has 5 rings (SSSR count). The fourth-order valence-electron chi connectivity index (χ4n) is 6.05. The third-order valence-corrected chi connectivity index (χ3v) is 6.40. The van der Waals surface area contributed by atoms with Gasteiger partial charge in [0.1, 0.15) is 6.04 Å². The van der Waals surface area contributed by atoms with Gasteiger partial charge in [-0.05, 0) is 61.7 Å². The molecule has 1 aliphatic heterocycles. The molecule has 0 aromatic rings. The molecule has 21 heavy (non-hydrogen) atoms. The minimum Gasteiger partial charge on any atom is -0.324 e. The minimum atomic E-state index is -0.264. The number of nitrogens with one attached hydrogen (secondary N) is 1. The summed E-state index contributed by atoms with van der Waals surface area (Å²) in [5.41, 5.74) is 0.288. The maximum atomic E-state index is 12.8. The Kier molecular flexibility index (Phi) is 3.22. The van der Waals surface area contributed by atoms with E-state index in [1.165, 1.54) is 38.5 Å². The van der Waals surface area contributed by atoms with Crippen molar-refractivity contribution >= 4 is 5.91 Å². The van der Waals surface area contributed by atoms with Crippen molar-refractivity contribution in [1.82, 2.24) is 10.2 Å². The number of amides is 1. The highest BCUT2D eigenvalue weighted by atomic mass is 16.2. The molecule has 1 unspecified atom stereocenters. The molecule has 0 radical (unpaired) electrons. The molecule has 0 aromatic heterocycles. The standard InChI is InChI=1S/C17H25N3O/c18-10-15-11-19-1-2-20(15)16(21)9-17-6-12-3-13(7-17)5-14(4-12)8-17/h12-15,19H,1-9,11H2. The van der Waals surface area contributed by atoms with E-state index in [0.29, 0.717) is 19.5 Å². The summed E-state index contributed by atoms with van der Waals surface area (Å²) in [6.07, 6.45) is 8.77. The Morgan fingerprint density at radius 1 is 1.19 bits per heavy atom. The number of carbonyl (C=O) groups is 1. The lowest BCUT2D eigenvalue weighted by molar-refractivity contribution is -0.141. The van der Waals surface area contributed by atoms with Gasteiger partial charge in [0.25, 0.3) is 0 Å². The first-order valence-corrected chi connectivity index (χ1v) is 8.57. The molecule has 4 bridgehead atoms. The summed E-state index contributed by atoms with van der Waals surface area (Å²) < 4.78 is 0. The van der Waals surface area contributed by atoms with Crippen LogP contribution in [0.1, 0.15) is 44.9 Å². The second kappa shape index (κ2) is 4.98. The fraction of sp³-hybridized carbons (Fsp3) is 0.882. The van der Waals surface area contributed by atoms with Gasteiger partial charge in [-0.3, -0.25) is 4.79 Å². The zero-order valence-electron chi connectivity index (χ0n) is 12.7. The van der Waals surface area contributed by atoms with Crippen LogP contribution in [0.25, 0.3) is 0 Å². The van der Waals surface area contributed by atoms with Crippen LogP contribution in [0, 0.1) is 34.5 Å². The number of piperazine rings is 1. The zero-order chi connectivity index (χ0) is 14.4. The van der Waals surface area contributed by atoms with Crippen LogP contribution in [0.3, 0.4) is 0 Å². The van der Waals surface area contributed by atoms with E-state index >= 15 is 0 Å². The van der Waals surface area contributed by atoms with Gasteiger partial charge in [0.15, 0.2) is 0 Å². The third kappa shape index (κ3) is 2.36. The number of nitrogens with zero attached hydrogens (tertiary/aromatic N) is 2. The Morgan fingerprint density at radius 3 is 2.38 bits per heavy atom. The Labute approximate surface area is 126 Å². The molecule has 4 nitrogen and oxygen atoms in total. The molecule has 0 aromatic carbocycles. The van der Waals surface area contributed by atoms with Gasteiger partial charge < -0.3 is 10.2 Å². The van der Waals surface area contributed by atoms with E-state index in [0.717, 1.165) is 24.3 Å². The second-order valence-electron chi connectivity index (χ2n) is 8.03. The van der Waals surface area contributed by atoms with Gasteiger partial charge in [-0.2, -0.15) is 5.26 Å². The fourth-order valence-corrected chi connectivity index (χ4v) is 6.05. The molecule has 1 N–H and O–H groups in total. The van der Waals surface area contributed by atoms with Crippen LogP contribution in [0.2, 0.25) is 0 Å². The van der Waals surface area contributed by atoms with Gasteiger partial charge in [-0.15, -0.1) is 0 Å². The van der Waals surface area contributed by atoms with Crippen molar-refractivity contribution in [2.75, 3.05) is 19.6 Å². The average molecular weight is 287 g/mol. The number of rotatable bonds is 2. The van der Waals surface area contributed by atoms with Crippen molar-refractivity contribution < 1.29 is 4.79 Å². The maximum absolute atomic E-state index is 12.8. The summed E-state index contributed by atoms with van der Waals surface area (Å²) in [6.45, 7) is 2.15. The van der Waals surface area contributed by atoms with Gasteiger partial charge in [0, 0.05) is 26.1 Å². The molecule has 4 saturated carbocycles. The summed E-state index contributed by atoms with van der Waals surface area (Å²) in [4.78, 5) is 14.6. The highest BCUT2D eigenvalue weighted by Crippen LogP contribution is 2.61. The maximum Gasteiger partial charge on any atom is 0.224 e. The average Bonchev–Trinajstić information content (AvgIpc) is 2.45. The summed E-state index contributed by atoms with van der Waals surface area (Å²) in [7, 11) is 0. The van der Waals surface area contributed by atoms with E-state index in [1.807, 2.05) is 4.90 Å². The van der Waals surface area contributed by atoms with Crippen LogP contribution < -0.4 is 5.32 Å². The third-order valence-electron chi connectivity index (χ3n) is 6.40. The highest BCUT2D eigenvalue weighted by Gasteiger charge is 2.52. The summed E-state index contributed by atoms with van der Waals surface area (Å²) in [5.74, 6) is 2.90. The molecule has 5 fully saturated rings. The molecule has 1 heterocycles. The Bertz CT molecular complexity index is 446. The summed E-state index contributed by atoms with van der Waals surface area (Å²) in [5, 5.41) is 12.5. The first-order chi connectivity index (χ1) is 10.2. The Balaban J connectivity index is 1.48. The molecule has 0 spiro atoms. The monoisotopic (exact) mass is 287 g/mol. The molecule has 4 aliphatic carbocycles. The van der Waals surface area contributed by atoms with Crippen molar-refractivity contribution in [3.63, 3.8) is 0 Å². The normalized spacial score (nSPS) is 44.6. The Morgan fingerprint density at radius 2 is 1.81 bits per heavy atom. The van der Waals surface area contributed by atoms with Crippen molar-refractivity contribution in [2.45, 2.75) is 51.0 Å². The zero-order valence-corrected chi connectivity index (χ0v) is 12.7. The molecular formula is C17H25N3O. The first-order valence-electron chi connectivity index (χ1n) is 8.57. The second-order valence-corrected chi connectivity index (χ2v) is 8.03. The molecule has 1 atom stereocenters. The van der Waals surface area contributed by atoms with Gasteiger partial charge in [-0.1, -0.05) is 0 Å². The largest absolute Gasteiger partial charge is 0.324 e. The van der Waals surface area contributed by atoms with Crippen LogP contribution in [-0.2, 0) is 4.79 Å². The van der Waals surface area contributed by atoms with Crippen LogP contribution in [0.4, 0.5) is 0 Å². The summed E-state index contributed by atoms with van der Waals surface area (Å²) >= 11 is 0. The topological polar surface area (TPSA) is 56.1 Å². The van der Waals surface area contributed by atoms with Crippen LogP contribution in [0.15, 0.2) is 0 Å². The number of hydrogen-bond acceptors (Lipinski definition) is 3. The van der Waals surface area contributed by atoms with Gasteiger partial charge >= 0.3 is 0 Å². The minimum absolute atomic E-state index is 0.241. The van der Waals surface area contributed by atoms with E-state index < -0.39 is 0 Å². The van der Waals surface area contributed by atoms with Gasteiger partial charge in [0.05, 0.1) is 6.07 Å². The lowest BCUT2D eigenvalue weighted by atomic mass is 9.49.